The zero-order valence-corrected chi connectivity index (χ0v) is 7.11. The van der Waals surface area contributed by atoms with Gasteiger partial charge in [0.15, 0.2) is 0 Å². The monoisotopic (exact) mass is 263 g/mol. The van der Waals surface area contributed by atoms with Crippen LogP contribution in [0.15, 0.2) is 0 Å². The summed E-state index contributed by atoms with van der Waals surface area (Å²) in [6.45, 7) is 0. The molecule has 0 aromatic carbocycles. The molecule has 0 saturated heterocycles. The zero-order chi connectivity index (χ0) is 4.50. The third kappa shape index (κ3) is 41.6. The zero-order valence-electron chi connectivity index (χ0n) is 2.54. The van der Waals surface area contributed by atoms with Crippen LogP contribution < -0.4 is 6.15 Å². The Morgan fingerprint density at radius 3 is 0.833 bits per heavy atom. The van der Waals surface area contributed by atoms with E-state index in [-0.39, 0.29) is 6.15 Å². The average Bonchev–Trinajstić information content (AvgIpc) is 0.722. The first-order chi connectivity index (χ1) is 2.00. The van der Waals surface area contributed by atoms with E-state index in [4.69, 9.17) is 38.1 Å². The summed E-state index contributed by atoms with van der Waals surface area (Å²) in [4.78, 5) is 0. The van der Waals surface area contributed by atoms with Gasteiger partial charge >= 0.3 is 49.6 Å². The average molecular weight is 265 g/mol. The molecular weight excluding hydrogens is 262 g/mol. The van der Waals surface area contributed by atoms with Gasteiger partial charge in [-0.3, -0.25) is 0 Å². The molecule has 0 fully saturated rings. The summed E-state index contributed by atoms with van der Waals surface area (Å²) in [6.07, 6.45) is 0. The molecule has 0 amide bonds. The van der Waals surface area contributed by atoms with Gasteiger partial charge in [0.05, 0.1) is 0 Å². The van der Waals surface area contributed by atoms with Crippen molar-refractivity contribution in [2.45, 2.75) is 0 Å². The Balaban J connectivity index is 0. The maximum atomic E-state index is 4.98. The molecular formula is H3Cl4NPd. The molecule has 1 nitrogen and oxygen atoms in total. The Morgan fingerprint density at radius 1 is 0.833 bits per heavy atom. The van der Waals surface area contributed by atoms with Crippen LogP contribution in [0.5, 0.6) is 0 Å². The minimum absolute atomic E-state index is 0. The molecule has 6 heteroatoms. The van der Waals surface area contributed by atoms with Crippen LogP contribution in [-0.4, -0.2) is 0 Å². The van der Waals surface area contributed by atoms with Crippen molar-refractivity contribution < 1.29 is 11.5 Å². The summed E-state index contributed by atoms with van der Waals surface area (Å²) in [7, 11) is 19.9. The van der Waals surface area contributed by atoms with Gasteiger partial charge < -0.3 is 6.15 Å². The van der Waals surface area contributed by atoms with Crippen LogP contribution in [-0.2, 0) is 11.5 Å². The van der Waals surface area contributed by atoms with Crippen LogP contribution in [0, 0.1) is 0 Å². The second kappa shape index (κ2) is 3.74. The van der Waals surface area contributed by atoms with E-state index in [1.807, 2.05) is 0 Å². The Labute approximate surface area is 55.4 Å². The fourth-order valence-electron chi connectivity index (χ4n) is 0. The summed E-state index contributed by atoms with van der Waals surface area (Å²) in [6, 6.07) is 0. The number of rotatable bonds is 0. The molecule has 46 valence electrons. The molecule has 0 aromatic rings. The van der Waals surface area contributed by atoms with Crippen LogP contribution in [0.25, 0.3) is 0 Å². The van der Waals surface area contributed by atoms with E-state index >= 15 is 0 Å². The predicted octanol–water partition coefficient (Wildman–Crippen LogP) is 2.92. The molecule has 0 aliphatic carbocycles. The van der Waals surface area contributed by atoms with Crippen LogP contribution in [0.3, 0.4) is 0 Å². The van der Waals surface area contributed by atoms with Gasteiger partial charge in [0.1, 0.15) is 0 Å². The fourth-order valence-corrected chi connectivity index (χ4v) is 0. The minimum atomic E-state index is -2.81. The first kappa shape index (κ1) is 10.7. The van der Waals surface area contributed by atoms with Gasteiger partial charge in [-0.1, -0.05) is 0 Å². The predicted molar refractivity (Wildman–Crippen MR) is 28.4 cm³/mol. The van der Waals surface area contributed by atoms with Crippen molar-refractivity contribution in [3.63, 3.8) is 0 Å². The van der Waals surface area contributed by atoms with Gasteiger partial charge in [-0.15, -0.1) is 0 Å². The van der Waals surface area contributed by atoms with Gasteiger partial charge in [0.2, 0.25) is 0 Å². The number of hydrogen-bond acceptors (Lipinski definition) is 1. The fraction of sp³-hybridized carbons (Fsp3) is 0. The standard InChI is InChI=1S/4ClH.H3N.Pd/h4*1H;1H3;/q;;;;;+4/p-4. The van der Waals surface area contributed by atoms with Gasteiger partial charge in [0.25, 0.3) is 0 Å². The molecule has 0 unspecified atom stereocenters. The molecule has 0 saturated carbocycles. The molecule has 3 N–H and O–H groups in total. The van der Waals surface area contributed by atoms with Crippen molar-refractivity contribution in [3.8, 4) is 0 Å². The SMILES string of the molecule is N.[Cl][Pd]([Cl])([Cl])[Cl]. The first-order valence-corrected chi connectivity index (χ1v) is 8.49. The van der Waals surface area contributed by atoms with Crippen LogP contribution in [0.1, 0.15) is 0 Å². The molecule has 0 aliphatic rings. The summed E-state index contributed by atoms with van der Waals surface area (Å²) >= 11 is -2.81. The normalized spacial score (nSPS) is 12.7. The molecule has 0 aromatic heterocycles. The van der Waals surface area contributed by atoms with Gasteiger partial charge in [-0.2, -0.15) is 0 Å². The molecule has 0 aliphatic heterocycles. The second-order valence-corrected chi connectivity index (χ2v) is 14.4. The van der Waals surface area contributed by atoms with Crippen LogP contribution in [0.4, 0.5) is 0 Å². The number of hydrogen-bond donors (Lipinski definition) is 1. The van der Waals surface area contributed by atoms with Gasteiger partial charge in [-0.25, -0.2) is 0 Å². The second-order valence-electron chi connectivity index (χ2n) is 0.271. The van der Waals surface area contributed by atoms with Crippen molar-refractivity contribution >= 4 is 38.1 Å². The Bertz CT molecular complexity index is 23.0. The molecule has 0 heterocycles. The Morgan fingerprint density at radius 2 is 0.833 bits per heavy atom. The van der Waals surface area contributed by atoms with Gasteiger partial charge in [0, 0.05) is 0 Å². The van der Waals surface area contributed by atoms with Crippen molar-refractivity contribution in [2.75, 3.05) is 0 Å². The number of halogens is 4. The summed E-state index contributed by atoms with van der Waals surface area (Å²) in [5.41, 5.74) is 0. The third-order valence-corrected chi connectivity index (χ3v) is 0. The third-order valence-electron chi connectivity index (χ3n) is 0. The molecule has 0 rings (SSSR count). The first-order valence-electron chi connectivity index (χ1n) is 0.478. The Kier molecular flexibility index (Phi) is 6.68. The van der Waals surface area contributed by atoms with Crippen molar-refractivity contribution in [1.29, 1.82) is 0 Å². The van der Waals surface area contributed by atoms with E-state index in [1.165, 1.54) is 0 Å². The molecule has 0 spiro atoms. The Hall–Kier alpha value is 1.78. The summed E-state index contributed by atoms with van der Waals surface area (Å²) in [5.74, 6) is 0. The quantitative estimate of drug-likeness (QED) is 0.671. The van der Waals surface area contributed by atoms with Crippen molar-refractivity contribution in [1.82, 2.24) is 6.15 Å². The van der Waals surface area contributed by atoms with E-state index in [1.54, 1.807) is 0 Å². The van der Waals surface area contributed by atoms with Crippen molar-refractivity contribution in [3.05, 3.63) is 0 Å². The van der Waals surface area contributed by atoms with Crippen molar-refractivity contribution in [2.24, 2.45) is 0 Å². The topological polar surface area (TPSA) is 35.0 Å². The van der Waals surface area contributed by atoms with E-state index in [0.29, 0.717) is 0 Å². The van der Waals surface area contributed by atoms with E-state index in [9.17, 15) is 0 Å². The summed E-state index contributed by atoms with van der Waals surface area (Å²) in [5, 5.41) is 0. The van der Waals surface area contributed by atoms with E-state index < -0.39 is 11.5 Å². The molecule has 6 heavy (non-hydrogen) atoms. The summed E-state index contributed by atoms with van der Waals surface area (Å²) < 4.78 is 0. The van der Waals surface area contributed by atoms with E-state index in [2.05, 4.69) is 0 Å². The maximum absolute atomic E-state index is 4.98. The molecule has 0 atom stereocenters. The van der Waals surface area contributed by atoms with Gasteiger partial charge in [-0.05, 0) is 0 Å². The molecule has 0 bridgehead atoms. The van der Waals surface area contributed by atoms with E-state index in [0.717, 1.165) is 0 Å². The van der Waals surface area contributed by atoms with Crippen LogP contribution >= 0.6 is 38.1 Å². The van der Waals surface area contributed by atoms with Crippen LogP contribution in [0.2, 0.25) is 0 Å². The molecule has 0 radical (unpaired) electrons.